The topological polar surface area (TPSA) is 161 Å². The Morgan fingerprint density at radius 2 is 1.43 bits per heavy atom. The van der Waals surface area contributed by atoms with E-state index in [9.17, 15) is 19.6 Å². The molecule has 3 fully saturated rings. The third-order valence-electron chi connectivity index (χ3n) is 8.53. The predicted octanol–water partition coefficient (Wildman–Crippen LogP) is 0.525. The van der Waals surface area contributed by atoms with Crippen LogP contribution in [0, 0.1) is 73.1 Å². The Balaban J connectivity index is 0.00000833. The van der Waals surface area contributed by atoms with Crippen molar-refractivity contribution in [3.8, 4) is 6.07 Å². The number of ether oxygens (including phenoxy) is 6. The van der Waals surface area contributed by atoms with Crippen molar-refractivity contribution in [2.24, 2.45) is 23.2 Å². The summed E-state index contributed by atoms with van der Waals surface area (Å²) < 4.78 is 32.7. The summed E-state index contributed by atoms with van der Waals surface area (Å²) in [7, 11) is 0. The van der Waals surface area contributed by atoms with Crippen molar-refractivity contribution in [3.05, 3.63) is 11.6 Å². The fourth-order valence-corrected chi connectivity index (χ4v) is 6.03. The van der Waals surface area contributed by atoms with Gasteiger partial charge >= 0.3 is 0 Å². The monoisotopic (exact) mass is 837 g/mol. The summed E-state index contributed by atoms with van der Waals surface area (Å²) in [5.41, 5.74) is -0.207. The van der Waals surface area contributed by atoms with Crippen molar-refractivity contribution in [1.29, 1.82) is 5.26 Å². The molecular formula is C34H56N5O9Tb-. The number of morpholine rings is 1. The Bertz CT molecular complexity index is 1030. The first-order valence-corrected chi connectivity index (χ1v) is 17.3. The number of piperidine rings is 1. The van der Waals surface area contributed by atoms with Crippen LogP contribution in [0.3, 0.4) is 0 Å². The van der Waals surface area contributed by atoms with Crippen molar-refractivity contribution >= 4 is 18.2 Å². The van der Waals surface area contributed by atoms with Gasteiger partial charge in [-0.3, -0.25) is 14.5 Å². The molecule has 3 rings (SSSR count). The Hall–Kier alpha value is -1.35. The van der Waals surface area contributed by atoms with Crippen LogP contribution >= 0.6 is 0 Å². The van der Waals surface area contributed by atoms with Gasteiger partial charge in [-0.15, -0.1) is 0 Å². The fraction of sp³-hybridized carbons (Fsp3) is 0.824. The second-order valence-corrected chi connectivity index (χ2v) is 13.2. The van der Waals surface area contributed by atoms with Crippen molar-refractivity contribution in [1.82, 2.24) is 20.4 Å². The molecule has 1 radical (unpaired) electrons. The van der Waals surface area contributed by atoms with E-state index in [0.717, 1.165) is 38.9 Å². The zero-order chi connectivity index (χ0) is 34.5. The molecule has 0 aromatic heterocycles. The third kappa shape index (κ3) is 18.6. The minimum atomic E-state index is -0.358. The van der Waals surface area contributed by atoms with Gasteiger partial charge in [0.25, 0.3) is 5.91 Å². The first kappa shape index (κ1) is 43.8. The molecule has 2 heterocycles. The molecule has 0 aromatic carbocycles. The maximum absolute atomic E-state index is 13.6. The largest absolute Gasteiger partial charge is 0.528 e. The number of hydrogen-bond donors (Lipinski definition) is 2. The van der Waals surface area contributed by atoms with Gasteiger partial charge in [0.2, 0.25) is 5.91 Å². The summed E-state index contributed by atoms with van der Waals surface area (Å²) in [6, 6.07) is 2.16. The second kappa shape index (κ2) is 25.6. The molecule has 2 unspecified atom stereocenters. The average Bonchev–Trinajstić information content (AvgIpc) is 3.94. The first-order chi connectivity index (χ1) is 23.3. The molecule has 2 N–H and O–H groups in total. The van der Waals surface area contributed by atoms with E-state index in [1.54, 1.807) is 11.3 Å². The van der Waals surface area contributed by atoms with Gasteiger partial charge in [-0.25, -0.2) is 0 Å². The quantitative estimate of drug-likeness (QED) is 0.0434. The minimum Gasteiger partial charge on any atom is -0.528 e. The van der Waals surface area contributed by atoms with Crippen LogP contribution in [-0.4, -0.2) is 153 Å². The first-order valence-electron chi connectivity index (χ1n) is 17.3. The number of likely N-dealkylation sites (tertiary alicyclic amines) is 1. The number of carbonyl (C=O) groups excluding carboxylic acids is 3. The van der Waals surface area contributed by atoms with E-state index in [-0.39, 0.29) is 73.2 Å². The van der Waals surface area contributed by atoms with Gasteiger partial charge in [0.05, 0.1) is 85.2 Å². The summed E-state index contributed by atoms with van der Waals surface area (Å²) in [6.45, 7) is 13.9. The summed E-state index contributed by atoms with van der Waals surface area (Å²) >= 11 is 0. The molecule has 2 atom stereocenters. The molecule has 0 spiro atoms. The second-order valence-electron chi connectivity index (χ2n) is 13.2. The van der Waals surface area contributed by atoms with Crippen LogP contribution < -0.4 is 10.6 Å². The van der Waals surface area contributed by atoms with E-state index in [2.05, 4.69) is 21.6 Å². The summed E-state index contributed by atoms with van der Waals surface area (Å²) in [5, 5.41) is 15.3. The van der Waals surface area contributed by atoms with E-state index in [1.807, 2.05) is 19.9 Å². The zero-order valence-corrected chi connectivity index (χ0v) is 31.4. The standard InChI is InChI=1S/C34H56N5O9.Tb/c1-34(2,26-38-7-11-45-12-8-38)22-31(23-35)33(42)39-24-29(28-3-4-28)21-30(25-39)32(41)37-6-10-44-14-16-47-18-20-48-19-17-46-15-13-43-9-5-36-27-40;/h22,28-30H,3-21,24-26H2,1-2H3,(H,36,40)(H,37,41);/q-1;/b31-22+;. The van der Waals surface area contributed by atoms with Crippen molar-refractivity contribution in [3.63, 3.8) is 0 Å². The Morgan fingerprint density at radius 1 is 0.878 bits per heavy atom. The maximum atomic E-state index is 13.6. The molecule has 0 aromatic rings. The molecule has 2 saturated heterocycles. The molecular weight excluding hydrogens is 781 g/mol. The number of nitrogens with zero attached hydrogens (tertiary/aromatic N) is 3. The van der Waals surface area contributed by atoms with Crippen molar-refractivity contribution < 1.29 is 81.4 Å². The minimum absolute atomic E-state index is 0. The predicted molar refractivity (Wildman–Crippen MR) is 176 cm³/mol. The van der Waals surface area contributed by atoms with Crippen molar-refractivity contribution in [2.45, 2.75) is 33.1 Å². The molecule has 15 heteroatoms. The zero-order valence-electron chi connectivity index (χ0n) is 29.2. The van der Waals surface area contributed by atoms with Crippen molar-refractivity contribution in [2.75, 3.05) is 125 Å². The number of carbonyl (C=O) groups is 2. The van der Waals surface area contributed by atoms with Gasteiger partial charge in [0.15, 0.2) is 0 Å². The molecule has 14 nitrogen and oxygen atoms in total. The number of nitrogens with one attached hydrogen (secondary N) is 2. The molecule has 1 aliphatic carbocycles. The molecule has 3 aliphatic rings. The van der Waals surface area contributed by atoms with Crippen LogP contribution in [-0.2, 0) is 42.8 Å². The Labute approximate surface area is 322 Å². The molecule has 0 bridgehead atoms. The van der Waals surface area contributed by atoms with Gasteiger partial charge in [0, 0.05) is 84.4 Å². The van der Waals surface area contributed by atoms with E-state index in [0.29, 0.717) is 111 Å². The van der Waals surface area contributed by atoms with E-state index >= 15 is 0 Å². The molecule has 2 aliphatic heterocycles. The summed E-state index contributed by atoms with van der Waals surface area (Å²) in [6.07, 6.45) is 6.40. The van der Waals surface area contributed by atoms with Crippen LogP contribution in [0.15, 0.2) is 11.6 Å². The number of nitriles is 1. The van der Waals surface area contributed by atoms with E-state index in [4.69, 9.17) is 28.4 Å². The number of amides is 3. The molecule has 281 valence electrons. The van der Waals surface area contributed by atoms with Crippen LogP contribution in [0.4, 0.5) is 0 Å². The van der Waals surface area contributed by atoms with Gasteiger partial charge < -0.3 is 48.7 Å². The van der Waals surface area contributed by atoms with Gasteiger partial charge in [-0.1, -0.05) is 19.9 Å². The molecule has 1 saturated carbocycles. The average molecular weight is 838 g/mol. The van der Waals surface area contributed by atoms with E-state index < -0.39 is 0 Å². The summed E-state index contributed by atoms with van der Waals surface area (Å²) in [5.74, 6) is 0.144. The van der Waals surface area contributed by atoms with Crippen LogP contribution in [0.2, 0.25) is 0 Å². The smallest absolute Gasteiger partial charge is 0.264 e. The van der Waals surface area contributed by atoms with Gasteiger partial charge in [0.1, 0.15) is 11.6 Å². The van der Waals surface area contributed by atoms with E-state index in [1.165, 1.54) is 0 Å². The molecule has 3 amide bonds. The number of rotatable bonds is 25. The maximum Gasteiger partial charge on any atom is 0.264 e. The van der Waals surface area contributed by atoms with Crippen LogP contribution in [0.25, 0.3) is 0 Å². The normalized spacial score (nSPS) is 20.3. The molecule has 49 heavy (non-hydrogen) atoms. The van der Waals surface area contributed by atoms with Crippen LogP contribution in [0.5, 0.6) is 0 Å². The Kier molecular flexibility index (Phi) is 22.9. The number of hydrogen-bond acceptors (Lipinski definition) is 11. The summed E-state index contributed by atoms with van der Waals surface area (Å²) in [4.78, 5) is 40.8. The van der Waals surface area contributed by atoms with Gasteiger partial charge in [-0.05, 0) is 36.5 Å². The van der Waals surface area contributed by atoms with Gasteiger partial charge in [-0.2, -0.15) is 11.7 Å². The fourth-order valence-electron chi connectivity index (χ4n) is 6.03. The SMILES string of the molecule is CC(C)(/C=C(\C#N)C(=O)N1CC(C(=O)NCCOCCOCCOCCOCCOCCN[C-]=O)CC(C2CC2)C1)CN1CCOCC1.[Tb]. The third-order valence-corrected chi connectivity index (χ3v) is 8.53. The van der Waals surface area contributed by atoms with Crippen LogP contribution in [0.1, 0.15) is 33.1 Å². The Morgan fingerprint density at radius 3 is 1.96 bits per heavy atom.